The molecule has 0 amide bonds. The van der Waals surface area contributed by atoms with Crippen molar-refractivity contribution in [1.29, 1.82) is 0 Å². The molecule has 0 spiro atoms. The quantitative estimate of drug-likeness (QED) is 0.303. The standard InChI is InChI=1S/C16H18BrF3N4S.HI/c1-3-21-15(22-7-11-4-5-12(17)6-10(11)2)23-8-14-24-13(9-25-14)16(18,19)20;/h4-6,9H,3,7-8H2,1-2H3,(H2,21,22,23);1H. The summed E-state index contributed by atoms with van der Waals surface area (Å²) in [5.74, 6) is 0.536. The molecule has 0 fully saturated rings. The fourth-order valence-corrected chi connectivity index (χ4v) is 3.24. The van der Waals surface area contributed by atoms with Crippen LogP contribution in [0.3, 0.4) is 0 Å². The number of halogens is 5. The molecule has 2 rings (SSSR count). The van der Waals surface area contributed by atoms with Crippen molar-refractivity contribution < 1.29 is 13.2 Å². The molecule has 0 aliphatic carbocycles. The number of alkyl halides is 3. The van der Waals surface area contributed by atoms with Gasteiger partial charge in [-0.3, -0.25) is 0 Å². The molecule has 4 nitrogen and oxygen atoms in total. The number of nitrogens with zero attached hydrogens (tertiary/aromatic N) is 2. The molecule has 10 heteroatoms. The van der Waals surface area contributed by atoms with E-state index >= 15 is 0 Å². The summed E-state index contributed by atoms with van der Waals surface area (Å²) in [7, 11) is 0. The van der Waals surface area contributed by atoms with Gasteiger partial charge in [-0.15, -0.1) is 35.3 Å². The van der Waals surface area contributed by atoms with Gasteiger partial charge in [-0.2, -0.15) is 13.2 Å². The van der Waals surface area contributed by atoms with Gasteiger partial charge in [0.1, 0.15) is 5.01 Å². The zero-order chi connectivity index (χ0) is 18.4. The minimum atomic E-state index is -4.41. The first-order chi connectivity index (χ1) is 11.8. The second kappa shape index (κ2) is 10.5. The molecule has 0 saturated heterocycles. The van der Waals surface area contributed by atoms with Gasteiger partial charge in [0.05, 0.1) is 13.1 Å². The number of benzene rings is 1. The van der Waals surface area contributed by atoms with Crippen molar-refractivity contribution in [3.63, 3.8) is 0 Å². The van der Waals surface area contributed by atoms with Crippen molar-refractivity contribution in [2.45, 2.75) is 33.1 Å². The molecule has 0 aliphatic heterocycles. The van der Waals surface area contributed by atoms with Crippen LogP contribution in [-0.4, -0.2) is 17.5 Å². The van der Waals surface area contributed by atoms with Gasteiger partial charge in [-0.25, -0.2) is 9.98 Å². The molecule has 0 aliphatic rings. The van der Waals surface area contributed by atoms with Crippen LogP contribution in [0.4, 0.5) is 13.2 Å². The smallest absolute Gasteiger partial charge is 0.357 e. The van der Waals surface area contributed by atoms with Gasteiger partial charge in [0, 0.05) is 16.4 Å². The summed E-state index contributed by atoms with van der Waals surface area (Å²) in [6.07, 6.45) is -4.41. The topological polar surface area (TPSA) is 49.3 Å². The molecule has 0 bridgehead atoms. The molecular formula is C16H19BrF3IN4S. The van der Waals surface area contributed by atoms with Crippen molar-refractivity contribution in [2.24, 2.45) is 4.99 Å². The third-order valence-corrected chi connectivity index (χ3v) is 4.65. The van der Waals surface area contributed by atoms with Crippen molar-refractivity contribution >= 4 is 57.2 Å². The molecule has 0 saturated carbocycles. The molecule has 1 aromatic carbocycles. The average molecular weight is 563 g/mol. The highest BCUT2D eigenvalue weighted by Gasteiger charge is 2.33. The van der Waals surface area contributed by atoms with Crippen molar-refractivity contribution in [3.8, 4) is 0 Å². The Balaban J connectivity index is 0.00000338. The molecule has 144 valence electrons. The van der Waals surface area contributed by atoms with E-state index in [0.717, 1.165) is 32.3 Å². The monoisotopic (exact) mass is 562 g/mol. The van der Waals surface area contributed by atoms with E-state index in [9.17, 15) is 13.2 Å². The van der Waals surface area contributed by atoms with Gasteiger partial charge in [-0.1, -0.05) is 22.0 Å². The molecule has 2 N–H and O–H groups in total. The second-order valence-corrected chi connectivity index (χ2v) is 7.10. The summed E-state index contributed by atoms with van der Waals surface area (Å²) >= 11 is 4.39. The lowest BCUT2D eigenvalue weighted by molar-refractivity contribution is -0.140. The van der Waals surface area contributed by atoms with Crippen LogP contribution in [0, 0.1) is 6.92 Å². The number of hydrogen-bond acceptors (Lipinski definition) is 3. The van der Waals surface area contributed by atoms with Crippen LogP contribution in [0.1, 0.15) is 28.8 Å². The number of nitrogens with one attached hydrogen (secondary N) is 2. The van der Waals surface area contributed by atoms with Crippen molar-refractivity contribution in [3.05, 3.63) is 49.9 Å². The Bertz CT molecular complexity index is 749. The van der Waals surface area contributed by atoms with E-state index in [1.807, 2.05) is 32.0 Å². The molecule has 26 heavy (non-hydrogen) atoms. The number of rotatable bonds is 5. The number of guanidine groups is 1. The van der Waals surface area contributed by atoms with Crippen LogP contribution in [0.2, 0.25) is 0 Å². The summed E-state index contributed by atoms with van der Waals surface area (Å²) in [5.41, 5.74) is 1.33. The highest BCUT2D eigenvalue weighted by Crippen LogP contribution is 2.29. The maximum atomic E-state index is 12.6. The highest BCUT2D eigenvalue weighted by atomic mass is 127. The maximum Gasteiger partial charge on any atom is 0.434 e. The number of thiazole rings is 1. The largest absolute Gasteiger partial charge is 0.434 e. The van der Waals surface area contributed by atoms with Gasteiger partial charge in [0.15, 0.2) is 11.7 Å². The van der Waals surface area contributed by atoms with E-state index in [1.165, 1.54) is 0 Å². The average Bonchev–Trinajstić information content (AvgIpc) is 3.00. The molecule has 2 aromatic rings. The first kappa shape index (κ1) is 23.2. The zero-order valence-corrected chi connectivity index (χ0v) is 18.9. The third-order valence-electron chi connectivity index (χ3n) is 3.31. The molecular weight excluding hydrogens is 544 g/mol. The predicted molar refractivity (Wildman–Crippen MR) is 113 cm³/mol. The van der Waals surface area contributed by atoms with E-state index in [-0.39, 0.29) is 30.5 Å². The molecule has 0 atom stereocenters. The molecule has 0 radical (unpaired) electrons. The Morgan fingerprint density at radius 1 is 1.31 bits per heavy atom. The van der Waals surface area contributed by atoms with E-state index in [4.69, 9.17) is 0 Å². The highest BCUT2D eigenvalue weighted by molar-refractivity contribution is 14.0. The minimum Gasteiger partial charge on any atom is -0.357 e. The SMILES string of the molecule is CCNC(=NCc1ccc(Br)cc1C)NCc1nc(C(F)(F)F)cs1.I. The number of aromatic nitrogens is 1. The summed E-state index contributed by atoms with van der Waals surface area (Å²) in [5, 5.41) is 7.47. The Hall–Kier alpha value is -0.880. The van der Waals surface area contributed by atoms with Crippen LogP contribution >= 0.6 is 51.2 Å². The van der Waals surface area contributed by atoms with Crippen LogP contribution in [-0.2, 0) is 19.3 Å². The van der Waals surface area contributed by atoms with Crippen LogP contribution in [0.5, 0.6) is 0 Å². The summed E-state index contributed by atoms with van der Waals surface area (Å²) < 4.78 is 38.7. The Labute approximate surface area is 179 Å². The Kier molecular flexibility index (Phi) is 9.31. The number of hydrogen-bond donors (Lipinski definition) is 2. The molecule has 1 heterocycles. The van der Waals surface area contributed by atoms with Crippen molar-refractivity contribution in [1.82, 2.24) is 15.6 Å². The predicted octanol–water partition coefficient (Wildman–Crippen LogP) is 5.11. The van der Waals surface area contributed by atoms with Crippen LogP contribution < -0.4 is 10.6 Å². The van der Waals surface area contributed by atoms with Gasteiger partial charge < -0.3 is 10.6 Å². The van der Waals surface area contributed by atoms with Gasteiger partial charge >= 0.3 is 6.18 Å². The van der Waals surface area contributed by atoms with E-state index < -0.39 is 11.9 Å². The number of aliphatic imine (C=N–C) groups is 1. The first-order valence-corrected chi connectivity index (χ1v) is 9.25. The van der Waals surface area contributed by atoms with Gasteiger partial charge in [-0.05, 0) is 37.1 Å². The summed E-state index contributed by atoms with van der Waals surface area (Å²) in [6.45, 7) is 5.24. The Morgan fingerprint density at radius 2 is 2.04 bits per heavy atom. The van der Waals surface area contributed by atoms with Gasteiger partial charge in [0.25, 0.3) is 0 Å². The number of aryl methyl sites for hydroxylation is 1. The molecule has 0 unspecified atom stereocenters. The normalized spacial score (nSPS) is 11.8. The second-order valence-electron chi connectivity index (χ2n) is 5.24. The van der Waals surface area contributed by atoms with Crippen LogP contribution in [0.25, 0.3) is 0 Å². The van der Waals surface area contributed by atoms with Crippen molar-refractivity contribution in [2.75, 3.05) is 6.54 Å². The van der Waals surface area contributed by atoms with Crippen LogP contribution in [0.15, 0.2) is 33.0 Å². The fraction of sp³-hybridized carbons (Fsp3) is 0.375. The summed E-state index contributed by atoms with van der Waals surface area (Å²) in [6, 6.07) is 5.95. The summed E-state index contributed by atoms with van der Waals surface area (Å²) in [4.78, 5) is 8.08. The lowest BCUT2D eigenvalue weighted by Gasteiger charge is -2.11. The van der Waals surface area contributed by atoms with E-state index in [0.29, 0.717) is 24.1 Å². The fourth-order valence-electron chi connectivity index (χ4n) is 2.02. The lowest BCUT2D eigenvalue weighted by Crippen LogP contribution is -2.36. The molecule has 1 aromatic heterocycles. The van der Waals surface area contributed by atoms with E-state index in [1.54, 1.807) is 0 Å². The Morgan fingerprint density at radius 3 is 2.62 bits per heavy atom. The maximum absolute atomic E-state index is 12.6. The zero-order valence-electron chi connectivity index (χ0n) is 14.2. The minimum absolute atomic E-state index is 0. The first-order valence-electron chi connectivity index (χ1n) is 7.58. The van der Waals surface area contributed by atoms with E-state index in [2.05, 4.69) is 36.5 Å². The lowest BCUT2D eigenvalue weighted by atomic mass is 10.1. The third kappa shape index (κ3) is 7.03. The van der Waals surface area contributed by atoms with Gasteiger partial charge in [0.2, 0.25) is 0 Å².